The van der Waals surface area contributed by atoms with E-state index in [0.717, 1.165) is 29.6 Å². The summed E-state index contributed by atoms with van der Waals surface area (Å²) in [5.41, 5.74) is -4.97. The molecule has 0 saturated heterocycles. The fraction of sp³-hybridized carbons (Fsp3) is 0.250. The van der Waals surface area contributed by atoms with Gasteiger partial charge in [-0.25, -0.2) is 14.7 Å². The molecule has 0 aliphatic rings. The topological polar surface area (TPSA) is 55.3 Å². The van der Waals surface area contributed by atoms with E-state index in [9.17, 15) is 35.5 Å². The number of hydrogen-bond donors (Lipinski definition) is 2. The Kier molecular flexibility index (Phi) is 5.34. The molecule has 3 N–H and O–H groups in total. The molecule has 2 aromatic rings. The number of halogens is 7. The van der Waals surface area contributed by atoms with Gasteiger partial charge in [0, 0.05) is 11.6 Å². The lowest BCUT2D eigenvalue weighted by Gasteiger charge is -2.34. The Morgan fingerprint density at radius 1 is 1.00 bits per heavy atom. The zero-order valence-electron chi connectivity index (χ0n) is 13.6. The van der Waals surface area contributed by atoms with Crippen molar-refractivity contribution >= 4 is 11.7 Å². The molecular weight excluding hydrogens is 383 g/mol. The zero-order valence-corrected chi connectivity index (χ0v) is 13.6. The van der Waals surface area contributed by atoms with E-state index in [0.29, 0.717) is 11.6 Å². The number of nitrogens with one attached hydrogen (secondary N) is 3. The summed E-state index contributed by atoms with van der Waals surface area (Å²) in [6.45, 7) is 1.56. The van der Waals surface area contributed by atoms with Crippen molar-refractivity contribution in [3.8, 4) is 0 Å². The van der Waals surface area contributed by atoms with Gasteiger partial charge in [0.25, 0.3) is 11.7 Å². The molecule has 4 nitrogen and oxygen atoms in total. The van der Waals surface area contributed by atoms with Crippen LogP contribution in [0, 0.1) is 12.7 Å². The molecule has 11 heteroatoms. The van der Waals surface area contributed by atoms with Gasteiger partial charge in [0.2, 0.25) is 0 Å². The monoisotopic (exact) mass is 396 g/mol. The predicted octanol–water partition coefficient (Wildman–Crippen LogP) is 3.61. The van der Waals surface area contributed by atoms with Crippen LogP contribution in [-0.4, -0.2) is 23.9 Å². The van der Waals surface area contributed by atoms with Crippen LogP contribution >= 0.6 is 0 Å². The summed E-state index contributed by atoms with van der Waals surface area (Å²) < 4.78 is 94.2. The summed E-state index contributed by atoms with van der Waals surface area (Å²) in [6.07, 6.45) is -10.8. The van der Waals surface area contributed by atoms with Gasteiger partial charge >= 0.3 is 18.0 Å². The molecule has 0 radical (unpaired) electrons. The van der Waals surface area contributed by atoms with Gasteiger partial charge in [-0.15, -0.1) is 0 Å². The van der Waals surface area contributed by atoms with Gasteiger partial charge in [0.15, 0.2) is 0 Å². The lowest BCUT2D eigenvalue weighted by molar-refractivity contribution is -0.367. The maximum Gasteiger partial charge on any atom is 0.462 e. The molecule has 0 aliphatic carbocycles. The Morgan fingerprint density at radius 3 is 2.11 bits per heavy atom. The van der Waals surface area contributed by atoms with Gasteiger partial charge in [-0.1, -0.05) is 6.07 Å². The first-order chi connectivity index (χ1) is 12.4. The third kappa shape index (κ3) is 4.29. The number of carbonyl (C=O) groups is 1. The summed E-state index contributed by atoms with van der Waals surface area (Å²) in [4.78, 5) is 14.3. The second-order valence-electron chi connectivity index (χ2n) is 5.61. The van der Waals surface area contributed by atoms with Gasteiger partial charge in [-0.3, -0.25) is 10.1 Å². The maximum absolute atomic E-state index is 13.5. The van der Waals surface area contributed by atoms with E-state index < -0.39 is 41.1 Å². The van der Waals surface area contributed by atoms with Crippen LogP contribution in [0.5, 0.6) is 0 Å². The lowest BCUT2D eigenvalue weighted by atomic mass is 10.1. The van der Waals surface area contributed by atoms with E-state index in [1.165, 1.54) is 17.6 Å². The SMILES string of the molecule is Cc1ccc(NC(NC(=O)c2cccc(F)c2)(C(F)(F)F)C(F)(F)F)[nH+]c1. The average Bonchev–Trinajstić information content (AvgIpc) is 2.54. The van der Waals surface area contributed by atoms with Crippen molar-refractivity contribution in [2.75, 3.05) is 5.32 Å². The van der Waals surface area contributed by atoms with E-state index in [4.69, 9.17) is 0 Å². The smallest absolute Gasteiger partial charge is 0.296 e. The fourth-order valence-corrected chi connectivity index (χ4v) is 2.13. The largest absolute Gasteiger partial charge is 0.462 e. The van der Waals surface area contributed by atoms with Crippen LogP contribution in [0.25, 0.3) is 0 Å². The van der Waals surface area contributed by atoms with Crippen molar-refractivity contribution in [3.63, 3.8) is 0 Å². The van der Waals surface area contributed by atoms with Crippen LogP contribution in [0.15, 0.2) is 42.6 Å². The van der Waals surface area contributed by atoms with E-state index in [2.05, 4.69) is 4.98 Å². The van der Waals surface area contributed by atoms with Gasteiger partial charge in [0.05, 0.1) is 6.20 Å². The molecule has 27 heavy (non-hydrogen) atoms. The van der Waals surface area contributed by atoms with Gasteiger partial charge < -0.3 is 0 Å². The van der Waals surface area contributed by atoms with Crippen molar-refractivity contribution in [2.45, 2.75) is 24.9 Å². The minimum absolute atomic E-state index is 0.519. The molecule has 0 unspecified atom stereocenters. The highest BCUT2D eigenvalue weighted by molar-refractivity contribution is 5.95. The first kappa shape index (κ1) is 20.5. The Balaban J connectivity index is 2.51. The number of aromatic nitrogens is 1. The highest BCUT2D eigenvalue weighted by Crippen LogP contribution is 2.43. The zero-order chi connectivity index (χ0) is 20.5. The van der Waals surface area contributed by atoms with Crippen molar-refractivity contribution in [1.82, 2.24) is 5.32 Å². The van der Waals surface area contributed by atoms with Crippen molar-refractivity contribution in [3.05, 3.63) is 59.5 Å². The van der Waals surface area contributed by atoms with Crippen molar-refractivity contribution in [2.24, 2.45) is 0 Å². The van der Waals surface area contributed by atoms with Gasteiger partial charge in [-0.2, -0.15) is 26.3 Å². The Morgan fingerprint density at radius 2 is 1.63 bits per heavy atom. The normalized spacial score (nSPS) is 12.6. The van der Waals surface area contributed by atoms with Crippen molar-refractivity contribution in [1.29, 1.82) is 0 Å². The number of benzene rings is 1. The van der Waals surface area contributed by atoms with E-state index >= 15 is 0 Å². The Bertz CT molecular complexity index is 802. The maximum atomic E-state index is 13.5. The molecule has 0 aliphatic heterocycles. The molecule has 0 bridgehead atoms. The molecule has 146 valence electrons. The van der Waals surface area contributed by atoms with Crippen LogP contribution in [0.4, 0.5) is 36.6 Å². The highest BCUT2D eigenvalue weighted by atomic mass is 19.4. The molecule has 1 heterocycles. The molecule has 1 aromatic carbocycles. The summed E-state index contributed by atoms with van der Waals surface area (Å²) in [7, 11) is 0. The van der Waals surface area contributed by atoms with Crippen LogP contribution in [0.3, 0.4) is 0 Å². The van der Waals surface area contributed by atoms with Crippen LogP contribution < -0.4 is 15.6 Å². The summed E-state index contributed by atoms with van der Waals surface area (Å²) in [5.74, 6) is -3.40. The number of anilines is 1. The molecule has 1 amide bonds. The predicted molar refractivity (Wildman–Crippen MR) is 80.1 cm³/mol. The van der Waals surface area contributed by atoms with Gasteiger partial charge in [-0.05, 0) is 36.8 Å². The van der Waals surface area contributed by atoms with E-state index in [1.54, 1.807) is 6.92 Å². The number of aryl methyl sites for hydroxylation is 1. The molecule has 0 fully saturated rings. The number of amides is 1. The molecule has 1 aromatic heterocycles. The summed E-state index contributed by atoms with van der Waals surface area (Å²) in [6, 6.07) is 5.49. The number of rotatable bonds is 4. The quantitative estimate of drug-likeness (QED) is 0.613. The minimum atomic E-state index is -5.98. The third-order valence-corrected chi connectivity index (χ3v) is 3.53. The number of H-pyrrole nitrogens is 1. The standard InChI is InChI=1S/C16H12F7N3O/c1-9-5-6-12(24-8-9)25-14(15(18,19)20,16(21,22)23)26-13(27)10-3-2-4-11(17)7-10/h2-8H,1H3,(H,24,25)(H,26,27)/p+1. The average molecular weight is 396 g/mol. The van der Waals surface area contributed by atoms with Crippen LogP contribution in [-0.2, 0) is 0 Å². The Hall–Kier alpha value is -2.85. The lowest BCUT2D eigenvalue weighted by Crippen LogP contribution is -2.72. The third-order valence-electron chi connectivity index (χ3n) is 3.53. The molecule has 0 spiro atoms. The first-order valence-corrected chi connectivity index (χ1v) is 7.34. The Labute approximate surface area is 148 Å². The van der Waals surface area contributed by atoms with Crippen LogP contribution in [0.1, 0.15) is 15.9 Å². The molecule has 2 rings (SSSR count). The second kappa shape index (κ2) is 7.05. The molecule has 0 atom stereocenters. The van der Waals surface area contributed by atoms with E-state index in [-0.39, 0.29) is 0 Å². The summed E-state index contributed by atoms with van der Waals surface area (Å²) >= 11 is 0. The summed E-state index contributed by atoms with van der Waals surface area (Å²) in [5, 5.41) is 2.21. The van der Waals surface area contributed by atoms with Gasteiger partial charge in [0.1, 0.15) is 5.82 Å². The number of carbonyl (C=O) groups excluding carboxylic acids is 1. The molecular formula is C16H13F7N3O+. The number of hydrogen-bond acceptors (Lipinski definition) is 2. The molecule has 0 saturated carbocycles. The van der Waals surface area contributed by atoms with Crippen molar-refractivity contribution < 1.29 is 40.5 Å². The fourth-order valence-electron chi connectivity index (χ4n) is 2.13. The number of alkyl halides is 6. The number of aromatic amines is 1. The highest BCUT2D eigenvalue weighted by Gasteiger charge is 2.76. The second-order valence-corrected chi connectivity index (χ2v) is 5.61. The first-order valence-electron chi connectivity index (χ1n) is 7.34. The van der Waals surface area contributed by atoms with Crippen LogP contribution in [0.2, 0.25) is 0 Å². The number of pyridine rings is 1. The minimum Gasteiger partial charge on any atom is -0.296 e. The van der Waals surface area contributed by atoms with E-state index in [1.807, 2.05) is 0 Å².